The number of ether oxygens (including phenoxy) is 1. The van der Waals surface area contributed by atoms with Crippen molar-refractivity contribution in [3.63, 3.8) is 0 Å². The third-order valence-electron chi connectivity index (χ3n) is 5.83. The van der Waals surface area contributed by atoms with E-state index < -0.39 is 0 Å². The lowest BCUT2D eigenvalue weighted by atomic mass is 9.89. The van der Waals surface area contributed by atoms with Crippen LogP contribution < -0.4 is 17.3 Å². The van der Waals surface area contributed by atoms with Crippen molar-refractivity contribution in [3.8, 4) is 0 Å². The monoisotopic (exact) mass is 360 g/mol. The lowest BCUT2D eigenvalue weighted by molar-refractivity contribution is -0.896. The van der Waals surface area contributed by atoms with Gasteiger partial charge < -0.3 is 26.9 Å². The maximum atomic E-state index is 12.8. The van der Waals surface area contributed by atoms with E-state index in [-0.39, 0.29) is 18.5 Å². The van der Waals surface area contributed by atoms with Crippen LogP contribution in [-0.2, 0) is 4.74 Å². The largest absolute Gasteiger partial charge is 1.00 e. The van der Waals surface area contributed by atoms with E-state index in [2.05, 4.69) is 18.7 Å². The molecule has 0 radical (unpaired) electrons. The van der Waals surface area contributed by atoms with E-state index in [1.54, 1.807) is 0 Å². The molecule has 0 saturated heterocycles. The van der Waals surface area contributed by atoms with Crippen molar-refractivity contribution < 1.29 is 26.8 Å². The van der Waals surface area contributed by atoms with Gasteiger partial charge in [0.1, 0.15) is 13.2 Å². The summed E-state index contributed by atoms with van der Waals surface area (Å²) in [7, 11) is 0. The lowest BCUT2D eigenvalue weighted by Crippen LogP contribution is -3.11. The van der Waals surface area contributed by atoms with Crippen LogP contribution in [0.15, 0.2) is 0 Å². The third kappa shape index (κ3) is 6.44. The van der Waals surface area contributed by atoms with E-state index in [4.69, 9.17) is 4.74 Å². The van der Waals surface area contributed by atoms with Crippen LogP contribution in [0.5, 0.6) is 0 Å². The molecule has 2 saturated carbocycles. The Morgan fingerprint density at radius 3 is 1.79 bits per heavy atom. The zero-order chi connectivity index (χ0) is 16.5. The number of likely N-dealkylation sites (N-methyl/N-ethyl adjacent to an activating group) is 1. The Hall–Kier alpha value is -0.480. The predicted molar refractivity (Wildman–Crippen MR) is 93.8 cm³/mol. The average Bonchev–Trinajstić information content (AvgIpc) is 2.61. The standard InChI is InChI=1S/C19H36N2O2.ClH/c1-3-20(4-2)15-16-23-19(22)21(17-11-7-5-8-12-17)18-13-9-6-10-14-18;/h17-18H,3-16H2,1-2H3;1H. The van der Waals surface area contributed by atoms with Crippen molar-refractivity contribution in [3.05, 3.63) is 0 Å². The van der Waals surface area contributed by atoms with Crippen LogP contribution in [0.4, 0.5) is 4.79 Å². The molecule has 0 atom stereocenters. The molecule has 142 valence electrons. The second-order valence-corrected chi connectivity index (χ2v) is 7.31. The lowest BCUT2D eigenvalue weighted by Gasteiger charge is -2.40. The summed E-state index contributed by atoms with van der Waals surface area (Å²) < 4.78 is 5.71. The molecule has 24 heavy (non-hydrogen) atoms. The number of nitrogens with zero attached hydrogens (tertiary/aromatic N) is 1. The zero-order valence-corrected chi connectivity index (χ0v) is 16.5. The fourth-order valence-corrected chi connectivity index (χ4v) is 4.28. The summed E-state index contributed by atoms with van der Waals surface area (Å²) in [6, 6.07) is 0.861. The minimum Gasteiger partial charge on any atom is -1.00 e. The highest BCUT2D eigenvalue weighted by Gasteiger charge is 2.33. The quantitative estimate of drug-likeness (QED) is 0.694. The Morgan fingerprint density at radius 2 is 1.38 bits per heavy atom. The van der Waals surface area contributed by atoms with Crippen LogP contribution in [0.25, 0.3) is 0 Å². The predicted octanol–water partition coefficient (Wildman–Crippen LogP) is 0.0191. The van der Waals surface area contributed by atoms with Crippen molar-refractivity contribution in [2.75, 3.05) is 26.2 Å². The maximum absolute atomic E-state index is 12.8. The van der Waals surface area contributed by atoms with Gasteiger partial charge in [-0.3, -0.25) is 0 Å². The van der Waals surface area contributed by atoms with Gasteiger partial charge in [-0.15, -0.1) is 0 Å². The van der Waals surface area contributed by atoms with Crippen molar-refractivity contribution >= 4 is 6.09 Å². The summed E-state index contributed by atoms with van der Waals surface area (Å²) in [5, 5.41) is 0. The number of amides is 1. The molecule has 0 spiro atoms. The van der Waals surface area contributed by atoms with E-state index in [9.17, 15) is 4.79 Å². The van der Waals surface area contributed by atoms with Crippen molar-refractivity contribution in [1.29, 1.82) is 0 Å². The van der Waals surface area contributed by atoms with Gasteiger partial charge in [0.25, 0.3) is 0 Å². The normalized spacial score (nSPS) is 19.8. The summed E-state index contributed by atoms with van der Waals surface area (Å²) >= 11 is 0. The number of quaternary nitrogens is 1. The van der Waals surface area contributed by atoms with E-state index >= 15 is 0 Å². The molecule has 0 heterocycles. The second kappa shape index (κ2) is 12.0. The van der Waals surface area contributed by atoms with Gasteiger partial charge in [0, 0.05) is 12.1 Å². The highest BCUT2D eigenvalue weighted by molar-refractivity contribution is 5.68. The van der Waals surface area contributed by atoms with Gasteiger partial charge >= 0.3 is 6.09 Å². The van der Waals surface area contributed by atoms with Crippen molar-refractivity contribution in [2.24, 2.45) is 0 Å². The highest BCUT2D eigenvalue weighted by atomic mass is 35.5. The second-order valence-electron chi connectivity index (χ2n) is 7.31. The van der Waals surface area contributed by atoms with Gasteiger partial charge in [-0.2, -0.15) is 0 Å². The van der Waals surface area contributed by atoms with Crippen molar-refractivity contribution in [2.45, 2.75) is 90.1 Å². The number of nitrogens with one attached hydrogen (secondary N) is 1. The molecule has 0 aromatic carbocycles. The van der Waals surface area contributed by atoms with Gasteiger partial charge in [-0.05, 0) is 39.5 Å². The van der Waals surface area contributed by atoms with E-state index in [0.29, 0.717) is 18.7 Å². The molecule has 2 rings (SSSR count). The minimum absolute atomic E-state index is 0. The molecule has 1 amide bonds. The molecule has 0 aromatic rings. The first-order chi connectivity index (χ1) is 11.3. The molecule has 1 N–H and O–H groups in total. The van der Waals surface area contributed by atoms with Gasteiger partial charge in [0.05, 0.1) is 13.1 Å². The van der Waals surface area contributed by atoms with Crippen molar-refractivity contribution in [1.82, 2.24) is 4.90 Å². The number of hydrogen-bond donors (Lipinski definition) is 1. The van der Waals surface area contributed by atoms with Crippen LogP contribution >= 0.6 is 0 Å². The molecule has 0 bridgehead atoms. The first-order valence-electron chi connectivity index (χ1n) is 10.0. The summed E-state index contributed by atoms with van der Waals surface area (Å²) in [4.78, 5) is 16.5. The molecule has 2 aliphatic rings. The van der Waals surface area contributed by atoms with Gasteiger partial charge in [0.2, 0.25) is 0 Å². The van der Waals surface area contributed by atoms with Crippen LogP contribution in [0, 0.1) is 0 Å². The number of carbonyl (C=O) groups excluding carboxylic acids is 1. The van der Waals surface area contributed by atoms with Gasteiger partial charge in [0.15, 0.2) is 0 Å². The van der Waals surface area contributed by atoms with Crippen LogP contribution in [0.3, 0.4) is 0 Å². The summed E-state index contributed by atoms with van der Waals surface area (Å²) in [5.74, 6) is 0. The zero-order valence-electron chi connectivity index (χ0n) is 15.7. The number of hydrogen-bond acceptors (Lipinski definition) is 2. The first-order valence-corrected chi connectivity index (χ1v) is 10.0. The van der Waals surface area contributed by atoms with E-state index in [1.165, 1.54) is 69.1 Å². The van der Waals surface area contributed by atoms with E-state index in [1.807, 2.05) is 0 Å². The molecule has 0 unspecified atom stereocenters. The number of rotatable bonds is 7. The Labute approximate surface area is 154 Å². The fourth-order valence-electron chi connectivity index (χ4n) is 4.28. The molecule has 5 heteroatoms. The third-order valence-corrected chi connectivity index (χ3v) is 5.83. The SMILES string of the molecule is CC[NH+](CC)CCOC(=O)N(C1CCCCC1)C1CCCCC1.[Cl-]. The van der Waals surface area contributed by atoms with Crippen LogP contribution in [0.1, 0.15) is 78.1 Å². The van der Waals surface area contributed by atoms with Gasteiger partial charge in [-0.25, -0.2) is 4.79 Å². The smallest absolute Gasteiger partial charge is 0.410 e. The molecule has 0 aromatic heterocycles. The topological polar surface area (TPSA) is 34.0 Å². The number of carbonyl (C=O) groups is 1. The van der Waals surface area contributed by atoms with Crippen LogP contribution in [0.2, 0.25) is 0 Å². The first kappa shape index (κ1) is 21.6. The van der Waals surface area contributed by atoms with E-state index in [0.717, 1.165) is 19.6 Å². The average molecular weight is 361 g/mol. The molecule has 0 aliphatic heterocycles. The molecule has 2 aliphatic carbocycles. The highest BCUT2D eigenvalue weighted by Crippen LogP contribution is 2.30. The molecule has 4 nitrogen and oxygen atoms in total. The van der Waals surface area contributed by atoms with Crippen LogP contribution in [-0.4, -0.2) is 49.3 Å². The summed E-state index contributed by atoms with van der Waals surface area (Å²) in [5.41, 5.74) is 0. The minimum atomic E-state index is -0.0321. The summed E-state index contributed by atoms with van der Waals surface area (Å²) in [6.45, 7) is 8.08. The Bertz CT molecular complexity index is 320. The summed E-state index contributed by atoms with van der Waals surface area (Å²) in [6.07, 6.45) is 12.4. The fraction of sp³-hybridized carbons (Fsp3) is 0.947. The maximum Gasteiger partial charge on any atom is 0.410 e. The Balaban J connectivity index is 0.00000288. The molecular formula is C19H37ClN2O2. The Kier molecular flexibility index (Phi) is 10.8. The molecular weight excluding hydrogens is 324 g/mol. The molecule has 2 fully saturated rings. The number of halogens is 1. The van der Waals surface area contributed by atoms with Gasteiger partial charge in [-0.1, -0.05) is 38.5 Å². The Morgan fingerprint density at radius 1 is 0.917 bits per heavy atom.